The van der Waals surface area contributed by atoms with Gasteiger partial charge in [0.25, 0.3) is 0 Å². The van der Waals surface area contributed by atoms with Crippen LogP contribution in [0, 0.1) is 0 Å². The fraction of sp³-hybridized carbons (Fsp3) is 0.333. The number of nitrogens with two attached hydrogens (primary N) is 2. The first-order valence-corrected chi connectivity index (χ1v) is 7.33. The van der Waals surface area contributed by atoms with Gasteiger partial charge in [0, 0.05) is 6.54 Å². The molecule has 0 spiro atoms. The number of halogens is 1. The molecule has 0 saturated heterocycles. The van der Waals surface area contributed by atoms with E-state index in [1.807, 2.05) is 12.1 Å². The number of rotatable bonds is 5. The lowest BCUT2D eigenvalue weighted by molar-refractivity contribution is 0.541. The molecule has 2 aromatic rings. The smallest absolute Gasteiger partial charge is 0.0795 e. The van der Waals surface area contributed by atoms with Crippen LogP contribution in [0.2, 0.25) is 0 Å². The predicted molar refractivity (Wildman–Crippen MR) is 92.9 cm³/mol. The van der Waals surface area contributed by atoms with Gasteiger partial charge in [0.1, 0.15) is 0 Å². The minimum Gasteiger partial charge on any atom is -0.328 e. The molecule has 2 rings (SSSR count). The van der Waals surface area contributed by atoms with Crippen molar-refractivity contribution in [2.24, 2.45) is 11.5 Å². The summed E-state index contributed by atoms with van der Waals surface area (Å²) in [6.45, 7) is 4.71. The molecule has 0 aliphatic rings. The summed E-state index contributed by atoms with van der Waals surface area (Å²) in [5, 5.41) is 0. The maximum Gasteiger partial charge on any atom is 0.0795 e. The Kier molecular flexibility index (Phi) is 6.41. The molecule has 21 heavy (non-hydrogen) atoms. The van der Waals surface area contributed by atoms with E-state index >= 15 is 0 Å². The van der Waals surface area contributed by atoms with Crippen LogP contribution in [0.5, 0.6) is 0 Å². The van der Waals surface area contributed by atoms with Crippen molar-refractivity contribution in [3.8, 4) is 0 Å². The van der Waals surface area contributed by atoms with E-state index in [0.717, 1.165) is 24.0 Å². The van der Waals surface area contributed by atoms with Gasteiger partial charge >= 0.3 is 0 Å². The monoisotopic (exact) mass is 304 g/mol. The second-order valence-corrected chi connectivity index (χ2v) is 5.20. The van der Waals surface area contributed by atoms with Crippen molar-refractivity contribution in [1.82, 2.24) is 0 Å². The largest absolute Gasteiger partial charge is 0.328 e. The third kappa shape index (κ3) is 3.29. The van der Waals surface area contributed by atoms with Gasteiger partial charge in [0.2, 0.25) is 0 Å². The first kappa shape index (κ1) is 17.7. The zero-order chi connectivity index (χ0) is 14.6. The van der Waals surface area contributed by atoms with E-state index in [1.54, 1.807) is 0 Å². The molecule has 0 unspecified atom stereocenters. The molecule has 0 bridgehead atoms. The zero-order valence-electron chi connectivity index (χ0n) is 12.8. The summed E-state index contributed by atoms with van der Waals surface area (Å²) in [5.74, 6) is 0. The van der Waals surface area contributed by atoms with Crippen LogP contribution in [-0.2, 0) is 18.4 Å². The average Bonchev–Trinajstić information content (AvgIpc) is 2.54. The maximum atomic E-state index is 6.77. The van der Waals surface area contributed by atoms with Gasteiger partial charge in [0.05, 0.1) is 5.54 Å². The van der Waals surface area contributed by atoms with Gasteiger partial charge in [-0.25, -0.2) is 0 Å². The topological polar surface area (TPSA) is 52.0 Å². The normalized spacial score (nSPS) is 11.0. The van der Waals surface area contributed by atoms with Crippen LogP contribution in [0.4, 0.5) is 0 Å². The lowest BCUT2D eigenvalue weighted by Crippen LogP contribution is -2.46. The molecular formula is C18H25ClN2. The maximum absolute atomic E-state index is 6.77. The van der Waals surface area contributed by atoms with Crippen LogP contribution in [0.25, 0.3) is 0 Å². The van der Waals surface area contributed by atoms with E-state index in [-0.39, 0.29) is 12.4 Å². The summed E-state index contributed by atoms with van der Waals surface area (Å²) in [6, 6.07) is 16.7. The van der Waals surface area contributed by atoms with Crippen molar-refractivity contribution >= 4 is 12.4 Å². The van der Waals surface area contributed by atoms with Crippen LogP contribution >= 0.6 is 12.4 Å². The molecule has 0 atom stereocenters. The Morgan fingerprint density at radius 3 is 1.52 bits per heavy atom. The van der Waals surface area contributed by atoms with Crippen LogP contribution in [0.15, 0.2) is 48.5 Å². The molecule has 0 saturated carbocycles. The Balaban J connectivity index is 0.00000220. The minimum absolute atomic E-state index is 0. The lowest BCUT2D eigenvalue weighted by Gasteiger charge is -2.33. The molecule has 0 radical (unpaired) electrons. The van der Waals surface area contributed by atoms with Crippen molar-refractivity contribution in [3.63, 3.8) is 0 Å². The van der Waals surface area contributed by atoms with Gasteiger partial charge in [-0.3, -0.25) is 0 Å². The van der Waals surface area contributed by atoms with Gasteiger partial charge in [-0.15, -0.1) is 12.4 Å². The van der Waals surface area contributed by atoms with Crippen molar-refractivity contribution in [3.05, 3.63) is 70.8 Å². The molecule has 0 heterocycles. The van der Waals surface area contributed by atoms with E-state index in [2.05, 4.69) is 50.2 Å². The van der Waals surface area contributed by atoms with Crippen LogP contribution < -0.4 is 11.5 Å². The van der Waals surface area contributed by atoms with Gasteiger partial charge in [0.15, 0.2) is 0 Å². The Morgan fingerprint density at radius 1 is 0.810 bits per heavy atom. The number of benzene rings is 2. The van der Waals surface area contributed by atoms with Crippen LogP contribution in [-0.4, -0.2) is 6.54 Å². The summed E-state index contributed by atoms with van der Waals surface area (Å²) in [5.41, 5.74) is 17.1. The molecule has 4 N–H and O–H groups in total. The van der Waals surface area contributed by atoms with Gasteiger partial charge in [-0.2, -0.15) is 0 Å². The fourth-order valence-electron chi connectivity index (χ4n) is 2.89. The Morgan fingerprint density at radius 2 is 1.19 bits per heavy atom. The van der Waals surface area contributed by atoms with E-state index in [4.69, 9.17) is 11.5 Å². The van der Waals surface area contributed by atoms with E-state index in [9.17, 15) is 0 Å². The standard InChI is InChI=1S/C18H24N2.ClH/c1-3-14-9-5-7-11-16(14)18(20,13-19)17-12-8-6-10-15(17)4-2;/h5-12H,3-4,13,19-20H2,1-2H3;1H. The number of hydrogen-bond acceptors (Lipinski definition) is 2. The van der Waals surface area contributed by atoms with Crippen molar-refractivity contribution in [1.29, 1.82) is 0 Å². The van der Waals surface area contributed by atoms with Crippen molar-refractivity contribution in [2.75, 3.05) is 6.54 Å². The minimum atomic E-state index is -0.612. The molecule has 0 aliphatic carbocycles. The predicted octanol–water partition coefficient (Wildman–Crippen LogP) is 3.39. The third-order valence-electron chi connectivity index (χ3n) is 4.08. The van der Waals surface area contributed by atoms with Gasteiger partial charge in [-0.05, 0) is 35.1 Å². The second-order valence-electron chi connectivity index (χ2n) is 5.20. The highest BCUT2D eigenvalue weighted by molar-refractivity contribution is 5.85. The first-order chi connectivity index (χ1) is 9.67. The van der Waals surface area contributed by atoms with Gasteiger partial charge < -0.3 is 11.5 Å². The molecule has 0 aliphatic heterocycles. The molecule has 114 valence electrons. The fourth-order valence-corrected chi connectivity index (χ4v) is 2.89. The molecular weight excluding hydrogens is 280 g/mol. The first-order valence-electron chi connectivity index (χ1n) is 7.33. The van der Waals surface area contributed by atoms with Crippen LogP contribution in [0.3, 0.4) is 0 Å². The second kappa shape index (κ2) is 7.60. The number of hydrogen-bond donors (Lipinski definition) is 2. The average molecular weight is 305 g/mol. The third-order valence-corrected chi connectivity index (χ3v) is 4.08. The number of aryl methyl sites for hydroxylation is 2. The summed E-state index contributed by atoms with van der Waals surface area (Å²) >= 11 is 0. The van der Waals surface area contributed by atoms with Crippen molar-refractivity contribution in [2.45, 2.75) is 32.2 Å². The van der Waals surface area contributed by atoms with Crippen molar-refractivity contribution < 1.29 is 0 Å². The van der Waals surface area contributed by atoms with Gasteiger partial charge in [-0.1, -0.05) is 62.4 Å². The van der Waals surface area contributed by atoms with E-state index < -0.39 is 5.54 Å². The summed E-state index contributed by atoms with van der Waals surface area (Å²) in [7, 11) is 0. The SMILES string of the molecule is CCc1ccccc1C(N)(CN)c1ccccc1CC.Cl. The Bertz CT molecular complexity index is 533. The van der Waals surface area contributed by atoms with E-state index in [1.165, 1.54) is 11.1 Å². The van der Waals surface area contributed by atoms with Crippen LogP contribution in [0.1, 0.15) is 36.1 Å². The Labute approximate surface area is 134 Å². The summed E-state index contributed by atoms with van der Waals surface area (Å²) in [6.07, 6.45) is 1.92. The molecule has 2 aromatic carbocycles. The summed E-state index contributed by atoms with van der Waals surface area (Å²) < 4.78 is 0. The summed E-state index contributed by atoms with van der Waals surface area (Å²) in [4.78, 5) is 0. The molecule has 0 amide bonds. The lowest BCUT2D eigenvalue weighted by atomic mass is 9.78. The molecule has 0 aromatic heterocycles. The van der Waals surface area contributed by atoms with E-state index in [0.29, 0.717) is 6.54 Å². The molecule has 0 fully saturated rings. The quantitative estimate of drug-likeness (QED) is 0.889. The highest BCUT2D eigenvalue weighted by Crippen LogP contribution is 2.31. The zero-order valence-corrected chi connectivity index (χ0v) is 13.6. The Hall–Kier alpha value is -1.35. The highest BCUT2D eigenvalue weighted by Gasteiger charge is 2.31. The highest BCUT2D eigenvalue weighted by atomic mass is 35.5. The molecule has 2 nitrogen and oxygen atoms in total. The molecule has 3 heteroatoms.